The second kappa shape index (κ2) is 7.53. The number of nitrogens with zero attached hydrogens (tertiary/aromatic N) is 5. The number of likely N-dealkylation sites (tertiary alicyclic amines) is 1. The Morgan fingerprint density at radius 3 is 3.10 bits per heavy atom. The van der Waals surface area contributed by atoms with Gasteiger partial charge in [0, 0.05) is 42.8 Å². The van der Waals surface area contributed by atoms with E-state index >= 15 is 0 Å². The fraction of sp³-hybridized carbons (Fsp3) is 0.333. The molecule has 4 aromatic rings. The van der Waals surface area contributed by atoms with Crippen LogP contribution in [0.15, 0.2) is 46.8 Å². The van der Waals surface area contributed by atoms with E-state index in [1.165, 1.54) is 5.69 Å². The molecular formula is C21H22N6OS. The van der Waals surface area contributed by atoms with Crippen molar-refractivity contribution in [3.63, 3.8) is 0 Å². The van der Waals surface area contributed by atoms with E-state index in [0.717, 1.165) is 48.8 Å². The summed E-state index contributed by atoms with van der Waals surface area (Å²) in [5, 5.41) is 2.07. The van der Waals surface area contributed by atoms with Gasteiger partial charge in [-0.25, -0.2) is 9.97 Å². The van der Waals surface area contributed by atoms with E-state index in [9.17, 15) is 4.79 Å². The predicted molar refractivity (Wildman–Crippen MR) is 113 cm³/mol. The van der Waals surface area contributed by atoms with Gasteiger partial charge in [-0.05, 0) is 38.4 Å². The first-order valence-electron chi connectivity index (χ1n) is 9.83. The minimum absolute atomic E-state index is 0.126. The molecule has 8 heteroatoms. The Labute approximate surface area is 172 Å². The number of hydrogen-bond donors (Lipinski definition) is 1. The Hall–Kier alpha value is -2.84. The van der Waals surface area contributed by atoms with E-state index < -0.39 is 0 Å². The van der Waals surface area contributed by atoms with Crippen LogP contribution in [0.1, 0.15) is 35.8 Å². The summed E-state index contributed by atoms with van der Waals surface area (Å²) in [6.45, 7) is 4.86. The highest BCUT2D eigenvalue weighted by atomic mass is 32.1. The van der Waals surface area contributed by atoms with Crippen LogP contribution in [0, 0.1) is 6.92 Å². The number of hydrogen-bond acceptors (Lipinski definition) is 6. The number of thiazole rings is 1. The maximum atomic E-state index is 12.3. The summed E-state index contributed by atoms with van der Waals surface area (Å²) in [5.41, 5.74) is 3.75. The van der Waals surface area contributed by atoms with Gasteiger partial charge in [-0.15, -0.1) is 11.3 Å². The zero-order chi connectivity index (χ0) is 19.8. The van der Waals surface area contributed by atoms with Crippen molar-refractivity contribution >= 4 is 16.3 Å². The molecule has 29 heavy (non-hydrogen) atoms. The zero-order valence-electron chi connectivity index (χ0n) is 16.2. The van der Waals surface area contributed by atoms with Gasteiger partial charge in [0.1, 0.15) is 5.69 Å². The van der Waals surface area contributed by atoms with Crippen LogP contribution in [0.3, 0.4) is 0 Å². The molecule has 1 fully saturated rings. The number of aromatic nitrogens is 5. The average Bonchev–Trinajstić information content (AvgIpc) is 3.31. The van der Waals surface area contributed by atoms with E-state index in [2.05, 4.69) is 42.8 Å². The summed E-state index contributed by atoms with van der Waals surface area (Å²) in [6.07, 6.45) is 5.92. The number of H-pyrrole nitrogens is 1. The molecule has 0 spiro atoms. The van der Waals surface area contributed by atoms with Gasteiger partial charge in [0.05, 0.1) is 17.1 Å². The molecule has 0 saturated carbocycles. The molecule has 4 aromatic heterocycles. The molecule has 0 bridgehead atoms. The molecule has 1 unspecified atom stereocenters. The zero-order valence-corrected chi connectivity index (χ0v) is 17.0. The van der Waals surface area contributed by atoms with Gasteiger partial charge < -0.3 is 4.98 Å². The largest absolute Gasteiger partial charge is 0.305 e. The average molecular weight is 407 g/mol. The standard InChI is InChI=1S/C21H22N6OS/c1-14-18(27-9-10-29-21(27)23-14)13-26-8-4-5-15(12-26)17-11-19(28)25-20(24-17)16-6-2-3-7-22-16/h2-3,6-7,9-11,15H,4-5,8,12-13H2,1H3,(H,24,25,28). The number of pyridine rings is 1. The van der Waals surface area contributed by atoms with E-state index in [4.69, 9.17) is 4.98 Å². The number of imidazole rings is 1. The number of nitrogens with one attached hydrogen (secondary N) is 1. The van der Waals surface area contributed by atoms with Crippen LogP contribution in [0.25, 0.3) is 16.5 Å². The Kier molecular flexibility index (Phi) is 4.73. The summed E-state index contributed by atoms with van der Waals surface area (Å²) >= 11 is 1.66. The summed E-state index contributed by atoms with van der Waals surface area (Å²) in [5.74, 6) is 0.775. The van der Waals surface area contributed by atoms with Crippen LogP contribution in [-0.2, 0) is 6.54 Å². The minimum atomic E-state index is -0.126. The fourth-order valence-corrected chi connectivity index (χ4v) is 4.87. The van der Waals surface area contributed by atoms with Crippen molar-refractivity contribution in [1.29, 1.82) is 0 Å². The van der Waals surface area contributed by atoms with Crippen LogP contribution >= 0.6 is 11.3 Å². The molecule has 148 valence electrons. The van der Waals surface area contributed by atoms with Crippen molar-refractivity contribution in [3.8, 4) is 11.5 Å². The lowest BCUT2D eigenvalue weighted by molar-refractivity contribution is 0.195. The van der Waals surface area contributed by atoms with Crippen molar-refractivity contribution in [1.82, 2.24) is 29.2 Å². The molecule has 1 aliphatic heterocycles. The lowest BCUT2D eigenvalue weighted by Gasteiger charge is -2.32. The van der Waals surface area contributed by atoms with Crippen molar-refractivity contribution < 1.29 is 0 Å². The van der Waals surface area contributed by atoms with Gasteiger partial charge in [-0.2, -0.15) is 0 Å². The van der Waals surface area contributed by atoms with Crippen LogP contribution in [0.4, 0.5) is 0 Å². The van der Waals surface area contributed by atoms with Crippen molar-refractivity contribution in [2.45, 2.75) is 32.2 Å². The third kappa shape index (κ3) is 3.61. The number of aryl methyl sites for hydroxylation is 1. The molecule has 1 saturated heterocycles. The Balaban J connectivity index is 1.40. The Bertz CT molecular complexity index is 1190. The normalized spacial score (nSPS) is 17.8. The van der Waals surface area contributed by atoms with Gasteiger partial charge in [0.2, 0.25) is 0 Å². The van der Waals surface area contributed by atoms with Crippen molar-refractivity contribution in [3.05, 3.63) is 69.5 Å². The molecule has 0 amide bonds. The number of aromatic amines is 1. The molecule has 0 aliphatic carbocycles. The Morgan fingerprint density at radius 2 is 2.24 bits per heavy atom. The fourth-order valence-electron chi connectivity index (χ4n) is 4.09. The van der Waals surface area contributed by atoms with Crippen LogP contribution in [0.2, 0.25) is 0 Å². The SMILES string of the molecule is Cc1nc2sccn2c1CN1CCCC(c2cc(=O)[nH]c(-c3ccccn3)n2)C1. The maximum Gasteiger partial charge on any atom is 0.251 e. The molecule has 1 atom stereocenters. The topological polar surface area (TPSA) is 79.2 Å². The van der Waals surface area contributed by atoms with Gasteiger partial charge in [0.15, 0.2) is 10.8 Å². The maximum absolute atomic E-state index is 12.3. The van der Waals surface area contributed by atoms with E-state index in [1.807, 2.05) is 18.2 Å². The second-order valence-electron chi connectivity index (χ2n) is 7.51. The highest BCUT2D eigenvalue weighted by molar-refractivity contribution is 7.15. The minimum Gasteiger partial charge on any atom is -0.305 e. The number of piperidine rings is 1. The second-order valence-corrected chi connectivity index (χ2v) is 8.38. The van der Waals surface area contributed by atoms with Crippen LogP contribution < -0.4 is 5.56 Å². The predicted octanol–water partition coefficient (Wildman–Crippen LogP) is 3.23. The Morgan fingerprint density at radius 1 is 1.31 bits per heavy atom. The van der Waals surface area contributed by atoms with Crippen molar-refractivity contribution in [2.24, 2.45) is 0 Å². The first-order chi connectivity index (χ1) is 14.2. The van der Waals surface area contributed by atoms with Crippen LogP contribution in [-0.4, -0.2) is 42.3 Å². The molecule has 0 aromatic carbocycles. The van der Waals surface area contributed by atoms with Crippen molar-refractivity contribution in [2.75, 3.05) is 13.1 Å². The number of rotatable bonds is 4. The van der Waals surface area contributed by atoms with Gasteiger partial charge >= 0.3 is 0 Å². The molecule has 7 nitrogen and oxygen atoms in total. The first kappa shape index (κ1) is 18.2. The highest BCUT2D eigenvalue weighted by Crippen LogP contribution is 2.28. The third-order valence-electron chi connectivity index (χ3n) is 5.53. The molecule has 1 aliphatic rings. The molecular weight excluding hydrogens is 384 g/mol. The number of fused-ring (bicyclic) bond motifs is 1. The summed E-state index contributed by atoms with van der Waals surface area (Å²) in [6, 6.07) is 7.26. The monoisotopic (exact) mass is 406 g/mol. The first-order valence-corrected chi connectivity index (χ1v) is 10.7. The summed E-state index contributed by atoms with van der Waals surface area (Å²) in [7, 11) is 0. The third-order valence-corrected chi connectivity index (χ3v) is 6.28. The van der Waals surface area contributed by atoms with Gasteiger partial charge in [-0.1, -0.05) is 6.07 Å². The van der Waals surface area contributed by atoms with E-state index in [-0.39, 0.29) is 11.5 Å². The highest BCUT2D eigenvalue weighted by Gasteiger charge is 2.25. The molecule has 5 heterocycles. The summed E-state index contributed by atoms with van der Waals surface area (Å²) in [4.78, 5) is 32.3. The van der Waals surface area contributed by atoms with E-state index in [0.29, 0.717) is 11.5 Å². The lowest BCUT2D eigenvalue weighted by atomic mass is 9.94. The van der Waals surface area contributed by atoms with E-state index in [1.54, 1.807) is 23.6 Å². The smallest absolute Gasteiger partial charge is 0.251 e. The summed E-state index contributed by atoms with van der Waals surface area (Å²) < 4.78 is 2.19. The molecule has 1 N–H and O–H groups in total. The lowest BCUT2D eigenvalue weighted by Crippen LogP contribution is -2.35. The molecule has 0 radical (unpaired) electrons. The molecule has 5 rings (SSSR count). The van der Waals surface area contributed by atoms with Crippen LogP contribution in [0.5, 0.6) is 0 Å². The van der Waals surface area contributed by atoms with Gasteiger partial charge in [-0.3, -0.25) is 19.1 Å². The quantitative estimate of drug-likeness (QED) is 0.563. The van der Waals surface area contributed by atoms with Gasteiger partial charge in [0.25, 0.3) is 5.56 Å².